The molecule has 0 fully saturated rings. The minimum Gasteiger partial charge on any atom is -0.496 e. The van der Waals surface area contributed by atoms with Crippen molar-refractivity contribution in [1.82, 2.24) is 0 Å². The Kier molecular flexibility index (Phi) is 4.51. The fourth-order valence-corrected chi connectivity index (χ4v) is 3.50. The van der Waals surface area contributed by atoms with Crippen molar-refractivity contribution in [1.29, 1.82) is 0 Å². The minimum absolute atomic E-state index is 0.284. The maximum atomic E-state index is 15.6. The van der Waals surface area contributed by atoms with Crippen molar-refractivity contribution >= 4 is 10.8 Å². The topological polar surface area (TPSA) is 18.5 Å². The van der Waals surface area contributed by atoms with Gasteiger partial charge in [0.05, 0.1) is 19.8 Å². The molecule has 0 N–H and O–H groups in total. The van der Waals surface area contributed by atoms with E-state index in [4.69, 9.17) is 9.47 Å². The Morgan fingerprint density at radius 1 is 0.630 bits per heavy atom. The molecule has 4 aromatic rings. The van der Waals surface area contributed by atoms with Crippen molar-refractivity contribution in [3.05, 3.63) is 84.7 Å². The van der Waals surface area contributed by atoms with Crippen LogP contribution in [0.2, 0.25) is 0 Å². The van der Waals surface area contributed by atoms with Crippen LogP contribution in [-0.4, -0.2) is 14.2 Å². The molecule has 0 amide bonds. The van der Waals surface area contributed by atoms with Gasteiger partial charge < -0.3 is 9.47 Å². The van der Waals surface area contributed by atoms with Crippen molar-refractivity contribution in [2.45, 2.75) is 0 Å². The number of ether oxygens (including phenoxy) is 2. The number of benzene rings is 4. The summed E-state index contributed by atoms with van der Waals surface area (Å²) in [6.45, 7) is 0. The first-order valence-corrected chi connectivity index (χ1v) is 8.72. The van der Waals surface area contributed by atoms with E-state index in [1.54, 1.807) is 14.2 Å². The lowest BCUT2D eigenvalue weighted by atomic mass is 9.91. The molecule has 0 aliphatic heterocycles. The molecule has 4 rings (SSSR count). The summed E-state index contributed by atoms with van der Waals surface area (Å²) in [6, 6.07) is 24.9. The highest BCUT2D eigenvalue weighted by Gasteiger charge is 2.20. The van der Waals surface area contributed by atoms with Crippen molar-refractivity contribution in [2.24, 2.45) is 0 Å². The van der Waals surface area contributed by atoms with Gasteiger partial charge in [-0.1, -0.05) is 60.7 Å². The van der Waals surface area contributed by atoms with Gasteiger partial charge in [-0.2, -0.15) is 0 Å². The van der Waals surface area contributed by atoms with E-state index < -0.39 is 0 Å². The van der Waals surface area contributed by atoms with Crippen LogP contribution in [0.5, 0.6) is 11.5 Å². The van der Waals surface area contributed by atoms with Crippen LogP contribution in [0.4, 0.5) is 4.39 Å². The lowest BCUT2D eigenvalue weighted by Crippen LogP contribution is -1.97. The van der Waals surface area contributed by atoms with Crippen LogP contribution in [0.15, 0.2) is 78.9 Å². The molecule has 0 bridgehead atoms. The molecular weight excluding hydrogens is 339 g/mol. The Morgan fingerprint density at radius 2 is 1.22 bits per heavy atom. The first kappa shape index (κ1) is 17.1. The highest BCUT2D eigenvalue weighted by molar-refractivity contribution is 6.01. The average molecular weight is 358 g/mol. The average Bonchev–Trinajstić information content (AvgIpc) is 2.74. The first-order chi connectivity index (χ1) is 13.2. The van der Waals surface area contributed by atoms with Gasteiger partial charge in [-0.3, -0.25) is 0 Å². The summed E-state index contributed by atoms with van der Waals surface area (Å²) in [5.74, 6) is 0.859. The minimum atomic E-state index is -0.284. The van der Waals surface area contributed by atoms with Gasteiger partial charge in [0.1, 0.15) is 17.3 Å². The number of hydrogen-bond donors (Lipinski definition) is 0. The SMILES string of the molecule is COc1cccc(OC)c1-c1cc(-c2ccccc2)c2ccccc2c1F. The van der Waals surface area contributed by atoms with Gasteiger partial charge in [0, 0.05) is 10.9 Å². The van der Waals surface area contributed by atoms with Crippen LogP contribution >= 0.6 is 0 Å². The van der Waals surface area contributed by atoms with E-state index in [0.29, 0.717) is 28.0 Å². The Bertz CT molecular complexity index is 1080. The predicted molar refractivity (Wildman–Crippen MR) is 108 cm³/mol. The van der Waals surface area contributed by atoms with Crippen molar-refractivity contribution in [3.63, 3.8) is 0 Å². The Labute approximate surface area is 157 Å². The highest BCUT2D eigenvalue weighted by Crippen LogP contribution is 2.44. The molecule has 2 nitrogen and oxygen atoms in total. The molecule has 134 valence electrons. The van der Waals surface area contributed by atoms with Crippen molar-refractivity contribution < 1.29 is 13.9 Å². The maximum absolute atomic E-state index is 15.6. The summed E-state index contributed by atoms with van der Waals surface area (Å²) < 4.78 is 26.6. The summed E-state index contributed by atoms with van der Waals surface area (Å²) in [5.41, 5.74) is 3.07. The summed E-state index contributed by atoms with van der Waals surface area (Å²) in [7, 11) is 3.16. The molecule has 0 spiro atoms. The largest absolute Gasteiger partial charge is 0.496 e. The van der Waals surface area contributed by atoms with Crippen LogP contribution < -0.4 is 9.47 Å². The maximum Gasteiger partial charge on any atom is 0.139 e. The molecule has 0 atom stereocenters. The zero-order valence-electron chi connectivity index (χ0n) is 15.2. The van der Waals surface area contributed by atoms with Gasteiger partial charge in [0.25, 0.3) is 0 Å². The third kappa shape index (κ3) is 2.91. The molecule has 27 heavy (non-hydrogen) atoms. The zero-order chi connectivity index (χ0) is 18.8. The van der Waals surface area contributed by atoms with E-state index in [1.165, 1.54) is 0 Å². The summed E-state index contributed by atoms with van der Waals surface area (Å²) >= 11 is 0. The van der Waals surface area contributed by atoms with E-state index in [9.17, 15) is 0 Å². The first-order valence-electron chi connectivity index (χ1n) is 8.72. The van der Waals surface area contributed by atoms with Gasteiger partial charge >= 0.3 is 0 Å². The number of rotatable bonds is 4. The molecule has 0 aromatic heterocycles. The van der Waals surface area contributed by atoms with Gasteiger partial charge in [-0.15, -0.1) is 0 Å². The van der Waals surface area contributed by atoms with Crippen LogP contribution in [0.1, 0.15) is 0 Å². The zero-order valence-corrected chi connectivity index (χ0v) is 15.2. The van der Waals surface area contributed by atoms with Gasteiger partial charge in [-0.25, -0.2) is 4.39 Å². The molecule has 0 saturated carbocycles. The fraction of sp³-hybridized carbons (Fsp3) is 0.0833. The second kappa shape index (κ2) is 7.12. The summed E-state index contributed by atoms with van der Waals surface area (Å²) in [5, 5.41) is 1.45. The monoisotopic (exact) mass is 358 g/mol. The fourth-order valence-electron chi connectivity index (χ4n) is 3.50. The van der Waals surface area contributed by atoms with Gasteiger partial charge in [0.15, 0.2) is 0 Å². The van der Waals surface area contributed by atoms with Crippen LogP contribution in [-0.2, 0) is 0 Å². The summed E-state index contributed by atoms with van der Waals surface area (Å²) in [4.78, 5) is 0. The summed E-state index contributed by atoms with van der Waals surface area (Å²) in [6.07, 6.45) is 0. The second-order valence-electron chi connectivity index (χ2n) is 6.23. The lowest BCUT2D eigenvalue weighted by molar-refractivity contribution is 0.397. The normalized spacial score (nSPS) is 10.8. The van der Waals surface area contributed by atoms with E-state index in [2.05, 4.69) is 0 Å². The lowest BCUT2D eigenvalue weighted by Gasteiger charge is -2.17. The second-order valence-corrected chi connectivity index (χ2v) is 6.23. The predicted octanol–water partition coefficient (Wildman–Crippen LogP) is 6.33. The Balaban J connectivity index is 2.11. The smallest absolute Gasteiger partial charge is 0.139 e. The van der Waals surface area contributed by atoms with Crippen LogP contribution in [0, 0.1) is 5.82 Å². The third-order valence-corrected chi connectivity index (χ3v) is 4.76. The van der Waals surface area contributed by atoms with E-state index >= 15 is 4.39 Å². The Hall–Kier alpha value is -3.33. The van der Waals surface area contributed by atoms with E-state index in [0.717, 1.165) is 16.5 Å². The van der Waals surface area contributed by atoms with Crippen LogP contribution in [0.25, 0.3) is 33.0 Å². The molecule has 0 radical (unpaired) electrons. The number of halogens is 1. The number of fused-ring (bicyclic) bond motifs is 1. The third-order valence-electron chi connectivity index (χ3n) is 4.76. The molecule has 0 saturated heterocycles. The molecule has 0 aliphatic carbocycles. The molecule has 4 aromatic carbocycles. The van der Waals surface area contributed by atoms with E-state index in [1.807, 2.05) is 78.9 Å². The number of methoxy groups -OCH3 is 2. The van der Waals surface area contributed by atoms with Crippen LogP contribution in [0.3, 0.4) is 0 Å². The Morgan fingerprint density at radius 3 is 1.85 bits per heavy atom. The molecule has 0 aliphatic rings. The quantitative estimate of drug-likeness (QED) is 0.424. The molecular formula is C24H19FO2. The van der Waals surface area contributed by atoms with Gasteiger partial charge in [0.2, 0.25) is 0 Å². The molecule has 0 heterocycles. The van der Waals surface area contributed by atoms with Gasteiger partial charge in [-0.05, 0) is 34.7 Å². The molecule has 0 unspecified atom stereocenters. The molecule has 3 heteroatoms. The standard InChI is InChI=1S/C24H19FO2/c1-26-21-13-8-14-22(27-2)23(21)20-15-19(16-9-4-3-5-10-16)17-11-6-7-12-18(17)24(20)25/h3-15H,1-2H3. The van der Waals surface area contributed by atoms with Crippen molar-refractivity contribution in [2.75, 3.05) is 14.2 Å². The number of hydrogen-bond acceptors (Lipinski definition) is 2. The van der Waals surface area contributed by atoms with Crippen molar-refractivity contribution in [3.8, 4) is 33.8 Å². The van der Waals surface area contributed by atoms with E-state index in [-0.39, 0.29) is 5.82 Å². The highest BCUT2D eigenvalue weighted by atomic mass is 19.1.